The molecule has 0 unspecified atom stereocenters. The highest BCUT2D eigenvalue weighted by molar-refractivity contribution is 9.10. The van der Waals surface area contributed by atoms with Crippen molar-refractivity contribution in [2.45, 2.75) is 57.0 Å². The largest absolute Gasteiger partial charge is 0.373 e. The third-order valence-corrected chi connectivity index (χ3v) is 5.74. The van der Waals surface area contributed by atoms with Gasteiger partial charge >= 0.3 is 0 Å². The lowest BCUT2D eigenvalue weighted by molar-refractivity contribution is 0.0983. The van der Waals surface area contributed by atoms with Gasteiger partial charge in [0.25, 0.3) is 0 Å². The molecule has 1 saturated carbocycles. The Morgan fingerprint density at radius 3 is 2.75 bits per heavy atom. The fraction of sp³-hybridized carbons (Fsp3) is 0.611. The quantitative estimate of drug-likeness (QED) is 0.753. The number of nitrogens with zero attached hydrogens (tertiary/aromatic N) is 3. The predicted molar refractivity (Wildman–Crippen MR) is 92.7 cm³/mol. The fourth-order valence-corrected chi connectivity index (χ4v) is 4.22. The number of ether oxygens (including phenoxy) is 1. The van der Waals surface area contributed by atoms with Crippen molar-refractivity contribution < 1.29 is 9.26 Å². The molecule has 2 aromatic heterocycles. The second kappa shape index (κ2) is 6.92. The van der Waals surface area contributed by atoms with Crippen LogP contribution in [0.25, 0.3) is 0 Å². The molecule has 0 spiro atoms. The van der Waals surface area contributed by atoms with E-state index in [4.69, 9.17) is 14.2 Å². The van der Waals surface area contributed by atoms with Crippen LogP contribution in [-0.4, -0.2) is 21.7 Å². The summed E-state index contributed by atoms with van der Waals surface area (Å²) < 4.78 is 12.5. The van der Waals surface area contributed by atoms with Crippen molar-refractivity contribution in [3.05, 3.63) is 40.2 Å². The van der Waals surface area contributed by atoms with Gasteiger partial charge in [-0.25, -0.2) is 0 Å². The molecular weight excluding hydrogens is 370 g/mol. The zero-order chi connectivity index (χ0) is 16.5. The van der Waals surface area contributed by atoms with E-state index in [1.54, 1.807) is 6.20 Å². The van der Waals surface area contributed by atoms with Crippen molar-refractivity contribution in [3.8, 4) is 0 Å². The summed E-state index contributed by atoms with van der Waals surface area (Å²) in [4.78, 5) is 9.00. The van der Waals surface area contributed by atoms with Gasteiger partial charge in [0.2, 0.25) is 5.89 Å². The Morgan fingerprint density at radius 1 is 1.12 bits per heavy atom. The lowest BCUT2D eigenvalue weighted by atomic mass is 9.83. The van der Waals surface area contributed by atoms with Crippen LogP contribution >= 0.6 is 15.9 Å². The molecule has 0 aromatic carbocycles. The number of aromatic nitrogens is 3. The van der Waals surface area contributed by atoms with Crippen LogP contribution in [0, 0.1) is 5.92 Å². The van der Waals surface area contributed by atoms with E-state index in [1.165, 1.54) is 25.7 Å². The highest BCUT2D eigenvalue weighted by Crippen LogP contribution is 2.42. The second-order valence-corrected chi connectivity index (χ2v) is 7.99. The second-order valence-electron chi connectivity index (χ2n) is 7.07. The van der Waals surface area contributed by atoms with Gasteiger partial charge in [-0.15, -0.1) is 0 Å². The van der Waals surface area contributed by atoms with E-state index in [9.17, 15) is 0 Å². The van der Waals surface area contributed by atoms with Crippen LogP contribution in [0.4, 0.5) is 0 Å². The Hall–Kier alpha value is -1.27. The summed E-state index contributed by atoms with van der Waals surface area (Å²) in [5.74, 6) is 2.99. The topological polar surface area (TPSA) is 61.0 Å². The molecule has 0 bridgehead atoms. The highest BCUT2D eigenvalue weighted by Gasteiger charge is 2.36. The molecule has 5 nitrogen and oxygen atoms in total. The standard InChI is InChI=1S/C18H22BrN3O2/c1-11-2-4-12(5-3-11)17-21-18(24-22-17)15-6-7-23-16(15)13-8-14(19)10-20-9-13/h8-12,15-16H,2-7H2,1H3/t11?,12?,15-,16+/m1/s1. The molecule has 4 rings (SSSR count). The molecule has 24 heavy (non-hydrogen) atoms. The third kappa shape index (κ3) is 3.26. The van der Waals surface area contributed by atoms with E-state index in [0.29, 0.717) is 18.4 Å². The minimum absolute atomic E-state index is 0.0605. The van der Waals surface area contributed by atoms with Crippen molar-refractivity contribution in [3.63, 3.8) is 0 Å². The predicted octanol–water partition coefficient (Wildman–Crippen LogP) is 4.77. The zero-order valence-corrected chi connectivity index (χ0v) is 15.4. The first-order valence-electron chi connectivity index (χ1n) is 8.76. The van der Waals surface area contributed by atoms with Crippen LogP contribution in [0.3, 0.4) is 0 Å². The van der Waals surface area contributed by atoms with Crippen molar-refractivity contribution in [1.29, 1.82) is 0 Å². The maximum atomic E-state index is 5.94. The van der Waals surface area contributed by atoms with E-state index in [0.717, 1.165) is 28.2 Å². The third-order valence-electron chi connectivity index (χ3n) is 5.30. The summed E-state index contributed by atoms with van der Waals surface area (Å²) in [6.07, 6.45) is 9.33. The van der Waals surface area contributed by atoms with Crippen LogP contribution in [0.1, 0.15) is 74.2 Å². The minimum Gasteiger partial charge on any atom is -0.373 e. The number of halogens is 1. The lowest BCUT2D eigenvalue weighted by Gasteiger charge is -2.23. The lowest BCUT2D eigenvalue weighted by Crippen LogP contribution is -2.12. The van der Waals surface area contributed by atoms with Crippen LogP contribution in [0.5, 0.6) is 0 Å². The summed E-state index contributed by atoms with van der Waals surface area (Å²) in [5, 5.41) is 4.29. The van der Waals surface area contributed by atoms with Crippen molar-refractivity contribution >= 4 is 15.9 Å². The van der Waals surface area contributed by atoms with Gasteiger partial charge in [0.15, 0.2) is 5.82 Å². The fourth-order valence-electron chi connectivity index (χ4n) is 3.84. The smallest absolute Gasteiger partial charge is 0.232 e. The summed E-state index contributed by atoms with van der Waals surface area (Å²) >= 11 is 3.48. The molecule has 0 N–H and O–H groups in total. The minimum atomic E-state index is -0.0605. The van der Waals surface area contributed by atoms with Crippen LogP contribution in [0.15, 0.2) is 27.5 Å². The molecule has 0 radical (unpaired) electrons. The molecule has 2 aliphatic rings. The first-order chi connectivity index (χ1) is 11.7. The molecule has 128 valence electrons. The van der Waals surface area contributed by atoms with Gasteiger partial charge < -0.3 is 9.26 Å². The first kappa shape index (κ1) is 16.2. The zero-order valence-electron chi connectivity index (χ0n) is 13.8. The van der Waals surface area contributed by atoms with E-state index >= 15 is 0 Å². The number of hydrogen-bond acceptors (Lipinski definition) is 5. The maximum absolute atomic E-state index is 5.94. The molecule has 1 aliphatic carbocycles. The van der Waals surface area contributed by atoms with Crippen molar-refractivity contribution in [2.24, 2.45) is 5.92 Å². The van der Waals surface area contributed by atoms with Gasteiger partial charge in [-0.3, -0.25) is 4.98 Å². The Labute approximate surface area is 150 Å². The Balaban J connectivity index is 1.53. The van der Waals surface area contributed by atoms with Gasteiger partial charge in [0, 0.05) is 35.0 Å². The maximum Gasteiger partial charge on any atom is 0.232 e. The molecule has 1 saturated heterocycles. The molecule has 6 heteroatoms. The average Bonchev–Trinajstić information content (AvgIpc) is 3.24. The molecular formula is C18H22BrN3O2. The van der Waals surface area contributed by atoms with Gasteiger partial charge in [-0.1, -0.05) is 24.9 Å². The summed E-state index contributed by atoms with van der Waals surface area (Å²) in [7, 11) is 0. The number of hydrogen-bond donors (Lipinski definition) is 0. The highest BCUT2D eigenvalue weighted by atomic mass is 79.9. The van der Waals surface area contributed by atoms with E-state index in [-0.39, 0.29) is 12.0 Å². The van der Waals surface area contributed by atoms with Crippen molar-refractivity contribution in [1.82, 2.24) is 15.1 Å². The van der Waals surface area contributed by atoms with E-state index in [2.05, 4.69) is 39.1 Å². The first-order valence-corrected chi connectivity index (χ1v) is 9.55. The van der Waals surface area contributed by atoms with Crippen LogP contribution in [-0.2, 0) is 4.74 Å². The van der Waals surface area contributed by atoms with Crippen LogP contribution in [0.2, 0.25) is 0 Å². The molecule has 2 aromatic rings. The van der Waals surface area contributed by atoms with E-state index < -0.39 is 0 Å². The molecule has 0 amide bonds. The molecule has 3 heterocycles. The van der Waals surface area contributed by atoms with Gasteiger partial charge in [-0.2, -0.15) is 4.98 Å². The van der Waals surface area contributed by atoms with Crippen LogP contribution < -0.4 is 0 Å². The number of rotatable bonds is 3. The summed E-state index contributed by atoms with van der Waals surface area (Å²) in [6, 6.07) is 2.05. The number of pyridine rings is 1. The Morgan fingerprint density at radius 2 is 1.96 bits per heavy atom. The summed E-state index contributed by atoms with van der Waals surface area (Å²) in [6.45, 7) is 3.03. The molecule has 2 atom stereocenters. The molecule has 1 aliphatic heterocycles. The van der Waals surface area contributed by atoms with Gasteiger partial charge in [-0.05, 0) is 47.2 Å². The van der Waals surface area contributed by atoms with E-state index in [1.807, 2.05) is 6.20 Å². The monoisotopic (exact) mass is 391 g/mol. The average molecular weight is 392 g/mol. The van der Waals surface area contributed by atoms with Gasteiger partial charge in [0.1, 0.15) is 0 Å². The Bertz CT molecular complexity index is 697. The normalized spacial score (nSPS) is 30.6. The SMILES string of the molecule is CC1CCC(c2noc([C@@H]3CCO[C@H]3c3cncc(Br)c3)n2)CC1. The summed E-state index contributed by atoms with van der Waals surface area (Å²) in [5.41, 5.74) is 1.05. The van der Waals surface area contributed by atoms with Crippen molar-refractivity contribution in [2.75, 3.05) is 6.61 Å². The van der Waals surface area contributed by atoms with Gasteiger partial charge in [0.05, 0.1) is 12.0 Å². The molecule has 2 fully saturated rings. The Kier molecular flexibility index (Phi) is 4.68.